The van der Waals surface area contributed by atoms with Crippen molar-refractivity contribution in [1.29, 1.82) is 0 Å². The number of urea groups is 1. The first kappa shape index (κ1) is 25.0. The van der Waals surface area contributed by atoms with Crippen molar-refractivity contribution >= 4 is 45.5 Å². The van der Waals surface area contributed by atoms with Gasteiger partial charge in [0.1, 0.15) is 5.70 Å². The molecule has 8 nitrogen and oxygen atoms in total. The molecule has 1 heterocycles. The van der Waals surface area contributed by atoms with E-state index in [9.17, 15) is 14.4 Å². The Morgan fingerprint density at radius 1 is 1.03 bits per heavy atom. The highest BCUT2D eigenvalue weighted by Crippen LogP contribution is 2.38. The first-order valence-corrected chi connectivity index (χ1v) is 12.1. The first-order chi connectivity index (χ1) is 17.5. The van der Waals surface area contributed by atoms with E-state index in [2.05, 4.69) is 26.6 Å². The molecule has 0 aliphatic carbocycles. The fourth-order valence-corrected chi connectivity index (χ4v) is 4.18. The zero-order valence-corrected chi connectivity index (χ0v) is 21.1. The number of nitrogens with zero attached hydrogens (tertiary/aromatic N) is 1. The molecule has 0 unspecified atom stereocenters. The Kier molecular flexibility index (Phi) is 8.02. The fourth-order valence-electron chi connectivity index (χ4n) is 3.61. The number of halogens is 1. The third kappa shape index (κ3) is 5.92. The summed E-state index contributed by atoms with van der Waals surface area (Å²) in [7, 11) is 0. The Balaban J connectivity index is 1.53. The molecule has 0 aromatic heterocycles. The van der Waals surface area contributed by atoms with E-state index in [-0.39, 0.29) is 18.2 Å². The van der Waals surface area contributed by atoms with Crippen LogP contribution in [0.5, 0.6) is 11.5 Å². The van der Waals surface area contributed by atoms with E-state index in [4.69, 9.17) is 9.47 Å². The molecule has 0 bridgehead atoms. The predicted molar refractivity (Wildman–Crippen MR) is 140 cm³/mol. The highest BCUT2D eigenvalue weighted by Gasteiger charge is 2.34. The summed E-state index contributed by atoms with van der Waals surface area (Å²) in [5, 5.41) is 5.14. The number of anilines is 1. The maximum atomic E-state index is 12.5. The Bertz CT molecular complexity index is 1300. The summed E-state index contributed by atoms with van der Waals surface area (Å²) < 4.78 is 12.1. The molecular weight excluding hydrogens is 526 g/mol. The second kappa shape index (κ2) is 11.5. The lowest BCUT2D eigenvalue weighted by Gasteiger charge is -2.17. The molecule has 0 saturated carbocycles. The van der Waals surface area contributed by atoms with Crippen molar-refractivity contribution in [3.8, 4) is 11.5 Å². The Labute approximate surface area is 217 Å². The van der Waals surface area contributed by atoms with Gasteiger partial charge < -0.3 is 14.8 Å². The Morgan fingerprint density at radius 3 is 2.42 bits per heavy atom. The number of hydrogen-bond acceptors (Lipinski definition) is 5. The van der Waals surface area contributed by atoms with E-state index in [0.717, 1.165) is 5.56 Å². The van der Waals surface area contributed by atoms with Crippen molar-refractivity contribution in [2.24, 2.45) is 0 Å². The third-order valence-corrected chi connectivity index (χ3v) is 5.82. The van der Waals surface area contributed by atoms with Gasteiger partial charge in [-0.1, -0.05) is 48.5 Å². The van der Waals surface area contributed by atoms with Crippen LogP contribution in [0, 0.1) is 0 Å². The number of rotatable bonds is 9. The molecule has 3 aromatic rings. The zero-order chi connectivity index (χ0) is 25.5. The molecule has 36 heavy (non-hydrogen) atoms. The molecule has 2 N–H and O–H groups in total. The summed E-state index contributed by atoms with van der Waals surface area (Å²) in [6.45, 7) is 2.38. The van der Waals surface area contributed by atoms with Crippen LogP contribution in [0.2, 0.25) is 0 Å². The molecular formula is C27H24BrN3O5. The minimum Gasteiger partial charge on any atom is -0.490 e. The molecule has 184 valence electrons. The van der Waals surface area contributed by atoms with E-state index in [1.807, 2.05) is 43.3 Å². The van der Waals surface area contributed by atoms with Crippen LogP contribution in [0.4, 0.5) is 10.5 Å². The summed E-state index contributed by atoms with van der Waals surface area (Å²) in [5.41, 5.74) is 2.33. The van der Waals surface area contributed by atoms with Crippen molar-refractivity contribution in [2.45, 2.75) is 13.5 Å². The highest BCUT2D eigenvalue weighted by atomic mass is 79.9. The Morgan fingerprint density at radius 2 is 1.72 bits per heavy atom. The molecule has 0 atom stereocenters. The van der Waals surface area contributed by atoms with Crippen LogP contribution in [0.3, 0.4) is 0 Å². The van der Waals surface area contributed by atoms with Gasteiger partial charge in [0.15, 0.2) is 18.1 Å². The van der Waals surface area contributed by atoms with Crippen LogP contribution >= 0.6 is 15.9 Å². The maximum absolute atomic E-state index is 12.5. The van der Waals surface area contributed by atoms with Gasteiger partial charge in [-0.3, -0.25) is 19.8 Å². The van der Waals surface area contributed by atoms with E-state index in [1.165, 1.54) is 4.90 Å². The monoisotopic (exact) mass is 549 g/mol. The van der Waals surface area contributed by atoms with Crippen molar-refractivity contribution in [3.63, 3.8) is 0 Å². The van der Waals surface area contributed by atoms with Crippen molar-refractivity contribution in [1.82, 2.24) is 10.6 Å². The molecule has 3 aromatic carbocycles. The maximum Gasteiger partial charge on any atom is 0.333 e. The number of carbonyl (C=O) groups excluding carboxylic acids is 3. The van der Waals surface area contributed by atoms with Crippen molar-refractivity contribution < 1.29 is 23.9 Å². The van der Waals surface area contributed by atoms with Gasteiger partial charge in [0.2, 0.25) is 0 Å². The van der Waals surface area contributed by atoms with Gasteiger partial charge >= 0.3 is 6.03 Å². The largest absolute Gasteiger partial charge is 0.490 e. The van der Waals surface area contributed by atoms with Crippen molar-refractivity contribution in [3.05, 3.63) is 94.1 Å². The summed E-state index contributed by atoms with van der Waals surface area (Å²) in [6, 6.07) is 21.4. The number of benzene rings is 3. The third-order valence-electron chi connectivity index (χ3n) is 5.23. The standard InChI is InChI=1S/C27H24BrN3O5/c1-2-35-23-15-19(14-22-26(33)30-27(34)31(22)20-11-7-4-8-12-20)13-21(28)25(23)36-17-24(32)29-16-18-9-5-3-6-10-18/h3-15H,2,16-17H2,1H3,(H,29,32)(H,30,33,34)/b22-14+. The lowest BCUT2D eigenvalue weighted by Crippen LogP contribution is -2.28. The van der Waals surface area contributed by atoms with Gasteiger partial charge in [-0.05, 0) is 64.3 Å². The number of nitrogens with one attached hydrogen (secondary N) is 2. The summed E-state index contributed by atoms with van der Waals surface area (Å²) >= 11 is 3.48. The van der Waals surface area contributed by atoms with Gasteiger partial charge in [0.05, 0.1) is 16.8 Å². The number of hydrogen-bond donors (Lipinski definition) is 2. The molecule has 0 spiro atoms. The quantitative estimate of drug-likeness (QED) is 0.299. The topological polar surface area (TPSA) is 97.0 Å². The minimum absolute atomic E-state index is 0.175. The lowest BCUT2D eigenvalue weighted by atomic mass is 10.1. The Hall–Kier alpha value is -4.11. The molecule has 4 amide bonds. The van der Waals surface area contributed by atoms with Crippen LogP contribution < -0.4 is 25.0 Å². The number of amides is 4. The molecule has 4 rings (SSSR count). The predicted octanol–water partition coefficient (Wildman–Crippen LogP) is 4.64. The minimum atomic E-state index is -0.525. The molecule has 1 aliphatic rings. The van der Waals surface area contributed by atoms with Crippen LogP contribution in [0.25, 0.3) is 6.08 Å². The van der Waals surface area contributed by atoms with Crippen LogP contribution in [0.1, 0.15) is 18.1 Å². The first-order valence-electron chi connectivity index (χ1n) is 11.3. The molecule has 1 aliphatic heterocycles. The van der Waals surface area contributed by atoms with E-state index < -0.39 is 11.9 Å². The fraction of sp³-hybridized carbons (Fsp3) is 0.148. The lowest BCUT2D eigenvalue weighted by molar-refractivity contribution is -0.123. The van der Waals surface area contributed by atoms with Gasteiger partial charge in [-0.15, -0.1) is 0 Å². The smallest absolute Gasteiger partial charge is 0.333 e. The molecule has 0 radical (unpaired) electrons. The van der Waals surface area contributed by atoms with Gasteiger partial charge in [0, 0.05) is 6.54 Å². The normalized spacial score (nSPS) is 14.1. The summed E-state index contributed by atoms with van der Waals surface area (Å²) in [6.07, 6.45) is 1.59. The summed E-state index contributed by atoms with van der Waals surface area (Å²) in [4.78, 5) is 38.6. The number of imide groups is 1. The van der Waals surface area contributed by atoms with Crippen LogP contribution in [-0.2, 0) is 16.1 Å². The zero-order valence-electron chi connectivity index (χ0n) is 19.5. The van der Waals surface area contributed by atoms with Gasteiger partial charge in [0.25, 0.3) is 11.8 Å². The summed E-state index contributed by atoms with van der Waals surface area (Å²) in [5.74, 6) is -0.0290. The SMILES string of the molecule is CCOc1cc(/C=C2\C(=O)NC(=O)N2c2ccccc2)cc(Br)c1OCC(=O)NCc1ccccc1. The second-order valence-corrected chi connectivity index (χ2v) is 8.63. The van der Waals surface area contributed by atoms with Gasteiger partial charge in [-0.25, -0.2) is 4.79 Å². The average molecular weight is 550 g/mol. The second-order valence-electron chi connectivity index (χ2n) is 7.77. The molecule has 1 saturated heterocycles. The van der Waals surface area contributed by atoms with Crippen LogP contribution in [-0.4, -0.2) is 31.1 Å². The molecule has 1 fully saturated rings. The highest BCUT2D eigenvalue weighted by molar-refractivity contribution is 9.10. The average Bonchev–Trinajstić information content (AvgIpc) is 3.15. The molecule has 9 heteroatoms. The number of para-hydroxylation sites is 1. The van der Waals surface area contributed by atoms with E-state index >= 15 is 0 Å². The number of carbonyl (C=O) groups is 3. The van der Waals surface area contributed by atoms with E-state index in [0.29, 0.717) is 40.4 Å². The van der Waals surface area contributed by atoms with Gasteiger partial charge in [-0.2, -0.15) is 0 Å². The number of ether oxygens (including phenoxy) is 2. The van der Waals surface area contributed by atoms with Crippen molar-refractivity contribution in [2.75, 3.05) is 18.1 Å². The van der Waals surface area contributed by atoms with Crippen LogP contribution in [0.15, 0.2) is 83.0 Å². The van der Waals surface area contributed by atoms with E-state index in [1.54, 1.807) is 42.5 Å².